The molecule has 0 radical (unpaired) electrons. The first kappa shape index (κ1) is 18.9. The fourth-order valence-corrected chi connectivity index (χ4v) is 2.74. The highest BCUT2D eigenvalue weighted by molar-refractivity contribution is 5.82. The molecule has 0 spiro atoms. The summed E-state index contributed by atoms with van der Waals surface area (Å²) in [4.78, 5) is 22.9. The van der Waals surface area contributed by atoms with Crippen molar-refractivity contribution in [3.05, 3.63) is 12.2 Å². The highest BCUT2D eigenvalue weighted by Crippen LogP contribution is 2.16. The van der Waals surface area contributed by atoms with Crippen molar-refractivity contribution < 1.29 is 19.4 Å². The molecule has 126 valence electrons. The lowest BCUT2D eigenvalue weighted by atomic mass is 10.00. The summed E-state index contributed by atoms with van der Waals surface area (Å²) in [5.41, 5.74) is 0. The van der Waals surface area contributed by atoms with E-state index in [2.05, 4.69) is 6.92 Å². The van der Waals surface area contributed by atoms with Crippen molar-refractivity contribution in [3.8, 4) is 0 Å². The fourth-order valence-electron chi connectivity index (χ4n) is 2.74. The molecular weight excluding hydrogens is 280 g/mol. The summed E-state index contributed by atoms with van der Waals surface area (Å²) in [7, 11) is 0. The van der Waals surface area contributed by atoms with Gasteiger partial charge in [-0.25, -0.2) is 4.79 Å². The van der Waals surface area contributed by atoms with E-state index in [-0.39, 0.29) is 24.3 Å². The van der Waals surface area contributed by atoms with Gasteiger partial charge in [0.25, 0.3) is 0 Å². The number of unbranched alkanes of at least 4 members (excludes halogenated alkanes) is 6. The van der Waals surface area contributed by atoms with E-state index < -0.39 is 6.10 Å². The van der Waals surface area contributed by atoms with Gasteiger partial charge in [-0.2, -0.15) is 0 Å². The van der Waals surface area contributed by atoms with Crippen LogP contribution in [-0.4, -0.2) is 29.1 Å². The third-order valence-corrected chi connectivity index (χ3v) is 3.99. The second-order valence-electron chi connectivity index (χ2n) is 6.20. The molecule has 1 aliphatic heterocycles. The molecule has 0 aromatic heterocycles. The van der Waals surface area contributed by atoms with Crippen LogP contribution >= 0.6 is 0 Å². The average Bonchev–Trinajstić information content (AvgIpc) is 2.46. The van der Waals surface area contributed by atoms with Gasteiger partial charge in [-0.15, -0.1) is 0 Å². The molecule has 1 heterocycles. The smallest absolute Gasteiger partial charge is 0.330 e. The Morgan fingerprint density at radius 1 is 1.27 bits per heavy atom. The molecule has 1 aliphatic rings. The average molecular weight is 310 g/mol. The van der Waals surface area contributed by atoms with E-state index in [9.17, 15) is 14.7 Å². The molecule has 0 aromatic rings. The normalized spacial score (nSPS) is 19.0. The number of Topliss-reactive ketones (excluding diaryl/α,β-unsaturated/α-hetero) is 1. The number of rotatable bonds is 12. The van der Waals surface area contributed by atoms with Gasteiger partial charge in [0.2, 0.25) is 0 Å². The van der Waals surface area contributed by atoms with E-state index in [0.717, 1.165) is 12.8 Å². The number of esters is 1. The van der Waals surface area contributed by atoms with Crippen LogP contribution in [0.4, 0.5) is 0 Å². The number of carbonyl (C=O) groups is 2. The zero-order chi connectivity index (χ0) is 16.2. The van der Waals surface area contributed by atoms with Crippen LogP contribution in [0.3, 0.4) is 0 Å². The van der Waals surface area contributed by atoms with Crippen LogP contribution in [0.1, 0.15) is 77.6 Å². The Labute approximate surface area is 133 Å². The Kier molecular flexibility index (Phi) is 9.80. The molecule has 22 heavy (non-hydrogen) atoms. The zero-order valence-corrected chi connectivity index (χ0v) is 13.8. The van der Waals surface area contributed by atoms with Gasteiger partial charge in [0, 0.05) is 31.8 Å². The zero-order valence-electron chi connectivity index (χ0n) is 13.8. The summed E-state index contributed by atoms with van der Waals surface area (Å²) < 4.78 is 5.09. The van der Waals surface area contributed by atoms with Crippen molar-refractivity contribution in [2.45, 2.75) is 89.8 Å². The van der Waals surface area contributed by atoms with E-state index in [0.29, 0.717) is 19.3 Å². The number of cyclic esters (lactones) is 1. The van der Waals surface area contributed by atoms with Crippen molar-refractivity contribution in [1.82, 2.24) is 0 Å². The minimum Gasteiger partial charge on any atom is -0.459 e. The maximum Gasteiger partial charge on any atom is 0.330 e. The number of carbonyl (C=O) groups excluding carboxylic acids is 2. The van der Waals surface area contributed by atoms with Gasteiger partial charge in [-0.05, 0) is 6.42 Å². The summed E-state index contributed by atoms with van der Waals surface area (Å²) in [5.74, 6) is -0.253. The first-order valence-corrected chi connectivity index (χ1v) is 8.68. The van der Waals surface area contributed by atoms with Crippen LogP contribution in [0, 0.1) is 0 Å². The summed E-state index contributed by atoms with van der Waals surface area (Å²) >= 11 is 0. The molecule has 4 heteroatoms. The first-order valence-electron chi connectivity index (χ1n) is 8.68. The molecular formula is C18H30O4. The Morgan fingerprint density at radius 2 is 1.95 bits per heavy atom. The predicted molar refractivity (Wildman–Crippen MR) is 86.5 cm³/mol. The Hall–Kier alpha value is -1.16. The minimum atomic E-state index is -0.707. The van der Waals surface area contributed by atoms with Crippen molar-refractivity contribution in [2.75, 3.05) is 0 Å². The summed E-state index contributed by atoms with van der Waals surface area (Å²) in [6, 6.07) is 0. The SMILES string of the molecule is CCCCCCCCCC(=O)C[C@H](O)C[C@@H]1CC=CC(=O)O1. The van der Waals surface area contributed by atoms with Gasteiger partial charge in [0.15, 0.2) is 0 Å². The molecule has 4 nitrogen and oxygen atoms in total. The van der Waals surface area contributed by atoms with Gasteiger partial charge in [-0.1, -0.05) is 51.5 Å². The lowest BCUT2D eigenvalue weighted by Gasteiger charge is -2.21. The lowest BCUT2D eigenvalue weighted by Crippen LogP contribution is -2.26. The first-order chi connectivity index (χ1) is 10.6. The topological polar surface area (TPSA) is 63.6 Å². The Morgan fingerprint density at radius 3 is 2.64 bits per heavy atom. The van der Waals surface area contributed by atoms with Gasteiger partial charge in [0.05, 0.1) is 6.10 Å². The van der Waals surface area contributed by atoms with E-state index in [4.69, 9.17) is 4.74 Å². The predicted octanol–water partition coefficient (Wildman–Crippen LogP) is 3.71. The molecule has 0 saturated carbocycles. The minimum absolute atomic E-state index is 0.110. The summed E-state index contributed by atoms with van der Waals surface area (Å²) in [6.45, 7) is 2.20. The molecule has 0 amide bonds. The molecule has 0 bridgehead atoms. The van der Waals surface area contributed by atoms with Crippen molar-refractivity contribution >= 4 is 11.8 Å². The van der Waals surface area contributed by atoms with Crippen molar-refractivity contribution in [3.63, 3.8) is 0 Å². The summed E-state index contributed by atoms with van der Waals surface area (Å²) in [5, 5.41) is 9.92. The second-order valence-corrected chi connectivity index (χ2v) is 6.20. The maximum absolute atomic E-state index is 11.8. The number of hydrogen-bond donors (Lipinski definition) is 1. The van der Waals surface area contributed by atoms with Crippen LogP contribution in [0.2, 0.25) is 0 Å². The number of aliphatic hydroxyl groups excluding tert-OH is 1. The number of ether oxygens (including phenoxy) is 1. The van der Waals surface area contributed by atoms with Crippen molar-refractivity contribution in [2.24, 2.45) is 0 Å². The molecule has 1 N–H and O–H groups in total. The third kappa shape index (κ3) is 8.98. The second kappa shape index (κ2) is 11.4. The van der Waals surface area contributed by atoms with Crippen LogP contribution in [0.15, 0.2) is 12.2 Å². The van der Waals surface area contributed by atoms with Crippen LogP contribution in [-0.2, 0) is 14.3 Å². The third-order valence-electron chi connectivity index (χ3n) is 3.99. The largest absolute Gasteiger partial charge is 0.459 e. The molecule has 0 aromatic carbocycles. The van der Waals surface area contributed by atoms with Gasteiger partial charge in [-0.3, -0.25) is 4.79 Å². The molecule has 0 saturated heterocycles. The maximum atomic E-state index is 11.8. The monoisotopic (exact) mass is 310 g/mol. The van der Waals surface area contributed by atoms with Crippen LogP contribution in [0.25, 0.3) is 0 Å². The molecule has 1 rings (SSSR count). The molecule has 2 atom stereocenters. The Bertz CT molecular complexity index is 362. The highest BCUT2D eigenvalue weighted by atomic mass is 16.5. The van der Waals surface area contributed by atoms with Gasteiger partial charge < -0.3 is 9.84 Å². The molecule has 0 aliphatic carbocycles. The number of hydrogen-bond acceptors (Lipinski definition) is 4. The summed E-state index contributed by atoms with van der Waals surface area (Å²) in [6.07, 6.45) is 12.1. The van der Waals surface area contributed by atoms with E-state index in [1.54, 1.807) is 6.08 Å². The number of aliphatic hydroxyl groups is 1. The molecule has 0 unspecified atom stereocenters. The fraction of sp³-hybridized carbons (Fsp3) is 0.778. The quantitative estimate of drug-likeness (QED) is 0.441. The van der Waals surface area contributed by atoms with Crippen LogP contribution in [0.5, 0.6) is 0 Å². The van der Waals surface area contributed by atoms with Crippen molar-refractivity contribution in [1.29, 1.82) is 0 Å². The highest BCUT2D eigenvalue weighted by Gasteiger charge is 2.21. The van der Waals surface area contributed by atoms with E-state index in [1.165, 1.54) is 38.2 Å². The van der Waals surface area contributed by atoms with E-state index >= 15 is 0 Å². The lowest BCUT2D eigenvalue weighted by molar-refractivity contribution is -0.145. The van der Waals surface area contributed by atoms with Gasteiger partial charge in [0.1, 0.15) is 11.9 Å². The number of ketones is 1. The molecule has 0 fully saturated rings. The van der Waals surface area contributed by atoms with E-state index in [1.807, 2.05) is 0 Å². The Balaban J connectivity index is 2.04. The standard InChI is InChI=1S/C18H30O4/c1-2-3-4-5-6-7-8-10-15(19)13-16(20)14-17-11-9-12-18(21)22-17/h9,12,16-17,20H,2-8,10-11,13-14H2,1H3/t16-,17-/m0/s1. The van der Waals surface area contributed by atoms with Crippen LogP contribution < -0.4 is 0 Å². The van der Waals surface area contributed by atoms with Gasteiger partial charge >= 0.3 is 5.97 Å².